The Hall–Kier alpha value is -3.53. The summed E-state index contributed by atoms with van der Waals surface area (Å²) in [6.45, 7) is 4.70. The zero-order valence-electron chi connectivity index (χ0n) is 66.8. The van der Waals surface area contributed by atoms with Gasteiger partial charge in [-0.2, -0.15) is 0 Å². The van der Waals surface area contributed by atoms with Crippen LogP contribution in [0.4, 0.5) is 0 Å². The average Bonchev–Trinajstić information content (AvgIpc) is 1.08. The highest BCUT2D eigenvalue weighted by molar-refractivity contribution is 5.70. The van der Waals surface area contributed by atoms with E-state index in [4.69, 9.17) is 18.9 Å². The van der Waals surface area contributed by atoms with Gasteiger partial charge in [0, 0.05) is 12.8 Å². The molecule has 0 rings (SSSR count). The lowest BCUT2D eigenvalue weighted by Gasteiger charge is -2.26. The molecule has 0 heterocycles. The molecular weight excluding hydrogens is 1230 g/mol. The Morgan fingerprint density at radius 3 is 0.850 bits per heavy atom. The normalized spacial score (nSPS) is 13.0. The van der Waals surface area contributed by atoms with E-state index in [0.29, 0.717) is 23.9 Å². The number of unbranched alkanes of at least 4 members (excludes halogenated alkanes) is 52. The maximum absolute atomic E-state index is 13.0. The van der Waals surface area contributed by atoms with Gasteiger partial charge in [0.25, 0.3) is 0 Å². The Balaban J connectivity index is 3.95. The van der Waals surface area contributed by atoms with Crippen LogP contribution in [0.5, 0.6) is 0 Å². The number of ether oxygens (including phenoxy) is 4. The predicted molar refractivity (Wildman–Crippen MR) is 431 cm³/mol. The number of nitrogens with zero attached hydrogens (tertiary/aromatic N) is 1. The summed E-state index contributed by atoms with van der Waals surface area (Å²) < 4.78 is 22.9. The molecule has 0 saturated heterocycles. The van der Waals surface area contributed by atoms with E-state index < -0.39 is 24.3 Å². The molecule has 2 unspecified atom stereocenters. The lowest BCUT2D eigenvalue weighted by atomic mass is 10.0. The summed E-state index contributed by atoms with van der Waals surface area (Å²) in [5, 5.41) is 11.9. The third-order valence-electron chi connectivity index (χ3n) is 19.4. The summed E-state index contributed by atoms with van der Waals surface area (Å²) >= 11 is 0. The molecule has 0 aromatic carbocycles. The van der Waals surface area contributed by atoms with E-state index in [1.807, 2.05) is 21.1 Å². The highest BCUT2D eigenvalue weighted by Crippen LogP contribution is 2.20. The Morgan fingerprint density at radius 1 is 0.310 bits per heavy atom. The van der Waals surface area contributed by atoms with Gasteiger partial charge in [-0.05, 0) is 70.6 Å². The van der Waals surface area contributed by atoms with Gasteiger partial charge in [-0.3, -0.25) is 9.59 Å². The van der Waals surface area contributed by atoms with Crippen molar-refractivity contribution in [2.75, 3.05) is 47.5 Å². The van der Waals surface area contributed by atoms with Gasteiger partial charge in [0.05, 0.1) is 40.3 Å². The number of carbonyl (C=O) groups is 3. The Kier molecular flexibility index (Phi) is 78.3. The molecule has 9 nitrogen and oxygen atoms in total. The molecule has 0 radical (unpaired) electrons. The maximum Gasteiger partial charge on any atom is 0.306 e. The number of hydrogen-bond acceptors (Lipinski definition) is 8. The van der Waals surface area contributed by atoms with E-state index in [-0.39, 0.29) is 32.2 Å². The largest absolute Gasteiger partial charge is 0.545 e. The summed E-state index contributed by atoms with van der Waals surface area (Å²) in [7, 11) is 5.95. The maximum atomic E-state index is 13.0. The first-order chi connectivity index (χ1) is 49.1. The predicted octanol–water partition coefficient (Wildman–Crippen LogP) is 26.8. The molecule has 100 heavy (non-hydrogen) atoms. The van der Waals surface area contributed by atoms with Crippen molar-refractivity contribution >= 4 is 17.9 Å². The molecule has 0 fully saturated rings. The van der Waals surface area contributed by atoms with E-state index in [1.165, 1.54) is 308 Å². The Morgan fingerprint density at radius 2 is 0.570 bits per heavy atom. The molecule has 0 aromatic rings. The van der Waals surface area contributed by atoms with Crippen LogP contribution in [0.25, 0.3) is 0 Å². The fourth-order valence-corrected chi connectivity index (χ4v) is 12.9. The molecule has 0 aliphatic rings. The number of quaternary nitrogens is 1. The molecule has 0 amide bonds. The molecule has 0 aromatic heterocycles. The monoisotopic (exact) mass is 1400 g/mol. The van der Waals surface area contributed by atoms with Gasteiger partial charge in [0.1, 0.15) is 13.2 Å². The summed E-state index contributed by atoms with van der Waals surface area (Å²) in [5.74, 6) is -2.26. The van der Waals surface area contributed by atoms with Gasteiger partial charge < -0.3 is 33.3 Å². The molecule has 2 atom stereocenters. The SMILES string of the molecule is CC/C=C\C/C=C\C/C=C\C/C=C\C/C=C\C/C=C\C/C=C\CCCCCCCCCCCCCCCCCCCC(=O)OC(COC(=O)CCCCCCCCCCCCCCCCCCCCCCCCCCCCCCCCCCCCCC)COC(OCC[N+](C)(C)C)C(=O)[O-]. The van der Waals surface area contributed by atoms with Crippen molar-refractivity contribution in [3.63, 3.8) is 0 Å². The minimum absolute atomic E-state index is 0.149. The van der Waals surface area contributed by atoms with Crippen LogP contribution in [0.1, 0.15) is 418 Å². The van der Waals surface area contributed by atoms with E-state index in [9.17, 15) is 19.5 Å². The van der Waals surface area contributed by atoms with Gasteiger partial charge in [-0.1, -0.05) is 420 Å². The van der Waals surface area contributed by atoms with Gasteiger partial charge in [-0.15, -0.1) is 0 Å². The Labute approximate surface area is 620 Å². The number of esters is 2. The minimum Gasteiger partial charge on any atom is -0.545 e. The standard InChI is InChI=1S/C91H165NO8/c1-6-8-10-12-14-16-18-20-22-24-26-28-30-32-34-36-38-40-42-44-45-46-48-50-52-54-56-58-60-62-64-66-68-70-72-74-76-78-80-82-89(94)100-87(86-99-91(90(95)96)97-84-83-92(3,4)5)85-98-88(93)81-79-77-75-73-71-69-67-65-63-61-59-57-55-53-51-49-47-43-41-39-37-35-33-31-29-27-25-23-21-19-17-15-13-11-9-7-2/h8,10,14,16,20,22,26,28,32,34,38,40,44-45,87,91H,6-7,9,11-13,15,17-19,21,23-25,27,29-31,33,35-37,39,41-43,46-86H2,1-5H3/b10-8-,16-14-,22-20-,28-26-,34-32-,40-38-,45-44-. The Bertz CT molecular complexity index is 1930. The zero-order chi connectivity index (χ0) is 72.5. The van der Waals surface area contributed by atoms with Crippen molar-refractivity contribution in [1.82, 2.24) is 0 Å². The molecule has 0 aliphatic heterocycles. The van der Waals surface area contributed by atoms with Gasteiger partial charge in [0.15, 0.2) is 12.4 Å². The van der Waals surface area contributed by atoms with Crippen LogP contribution in [-0.2, 0) is 33.3 Å². The third-order valence-corrected chi connectivity index (χ3v) is 19.4. The van der Waals surface area contributed by atoms with Crippen LogP contribution in [0.2, 0.25) is 0 Å². The second kappa shape index (κ2) is 81.1. The quantitative estimate of drug-likeness (QED) is 0.0195. The molecule has 9 heteroatoms. The molecule has 0 aliphatic carbocycles. The molecule has 0 bridgehead atoms. The third kappa shape index (κ3) is 81.8. The van der Waals surface area contributed by atoms with Crippen LogP contribution in [0.15, 0.2) is 85.1 Å². The number of allylic oxidation sites excluding steroid dienone is 14. The number of carbonyl (C=O) groups excluding carboxylic acids is 3. The first kappa shape index (κ1) is 96.5. The van der Waals surface area contributed by atoms with Crippen LogP contribution in [0.3, 0.4) is 0 Å². The van der Waals surface area contributed by atoms with Crippen molar-refractivity contribution in [2.24, 2.45) is 0 Å². The molecule has 0 spiro atoms. The average molecular weight is 1400 g/mol. The highest BCUT2D eigenvalue weighted by atomic mass is 16.7. The van der Waals surface area contributed by atoms with E-state index >= 15 is 0 Å². The fraction of sp³-hybridized carbons (Fsp3) is 0.813. The van der Waals surface area contributed by atoms with Crippen LogP contribution in [0, 0.1) is 0 Å². The minimum atomic E-state index is -1.62. The molecule has 582 valence electrons. The number of rotatable bonds is 81. The zero-order valence-corrected chi connectivity index (χ0v) is 66.8. The smallest absolute Gasteiger partial charge is 0.306 e. The second-order valence-electron chi connectivity index (χ2n) is 30.5. The van der Waals surface area contributed by atoms with Crippen molar-refractivity contribution in [3.05, 3.63) is 85.1 Å². The number of carboxylic acid groups (broad SMARTS) is 1. The number of likely N-dealkylation sites (N-methyl/N-ethyl adjacent to an activating group) is 1. The fourth-order valence-electron chi connectivity index (χ4n) is 12.9. The second-order valence-corrected chi connectivity index (χ2v) is 30.5. The number of hydrogen-bond donors (Lipinski definition) is 0. The molecule has 0 saturated carbocycles. The van der Waals surface area contributed by atoms with Crippen molar-refractivity contribution < 1.29 is 42.9 Å². The van der Waals surface area contributed by atoms with Gasteiger partial charge in [-0.25, -0.2) is 0 Å². The van der Waals surface area contributed by atoms with Crippen molar-refractivity contribution in [2.45, 2.75) is 431 Å². The van der Waals surface area contributed by atoms with Crippen molar-refractivity contribution in [3.8, 4) is 0 Å². The summed E-state index contributed by atoms with van der Waals surface area (Å²) in [6, 6.07) is 0. The van der Waals surface area contributed by atoms with E-state index in [2.05, 4.69) is 98.9 Å². The first-order valence-corrected chi connectivity index (χ1v) is 43.2. The van der Waals surface area contributed by atoms with Crippen LogP contribution < -0.4 is 5.11 Å². The van der Waals surface area contributed by atoms with E-state index in [1.54, 1.807) is 0 Å². The lowest BCUT2D eigenvalue weighted by Crippen LogP contribution is -2.44. The lowest BCUT2D eigenvalue weighted by molar-refractivity contribution is -0.870. The summed E-state index contributed by atoms with van der Waals surface area (Å²) in [4.78, 5) is 37.7. The number of carboxylic acids is 1. The summed E-state index contributed by atoms with van der Waals surface area (Å²) in [6.07, 6.45) is 109. The van der Waals surface area contributed by atoms with Gasteiger partial charge in [0.2, 0.25) is 0 Å². The van der Waals surface area contributed by atoms with Crippen LogP contribution in [-0.4, -0.2) is 82.3 Å². The first-order valence-electron chi connectivity index (χ1n) is 43.2. The molecular formula is C91H165NO8. The van der Waals surface area contributed by atoms with Gasteiger partial charge >= 0.3 is 11.9 Å². The topological polar surface area (TPSA) is 111 Å². The van der Waals surface area contributed by atoms with E-state index in [0.717, 1.165) is 77.0 Å². The highest BCUT2D eigenvalue weighted by Gasteiger charge is 2.22. The molecule has 0 N–H and O–H groups in total. The summed E-state index contributed by atoms with van der Waals surface area (Å²) in [5.41, 5.74) is 0. The van der Waals surface area contributed by atoms with Crippen molar-refractivity contribution in [1.29, 1.82) is 0 Å². The van der Waals surface area contributed by atoms with Crippen LogP contribution >= 0.6 is 0 Å². The number of aliphatic carboxylic acids is 1.